The molecule has 0 unspecified atom stereocenters. The van der Waals surface area contributed by atoms with Gasteiger partial charge in [-0.05, 0) is 83.4 Å². The van der Waals surface area contributed by atoms with Gasteiger partial charge in [-0.3, -0.25) is 4.79 Å². The first-order chi connectivity index (χ1) is 16.6. The van der Waals surface area contributed by atoms with E-state index in [0.29, 0.717) is 12.8 Å². The van der Waals surface area contributed by atoms with Gasteiger partial charge in [-0.15, -0.1) is 0 Å². The van der Waals surface area contributed by atoms with Gasteiger partial charge in [-0.25, -0.2) is 0 Å². The lowest BCUT2D eigenvalue weighted by Gasteiger charge is -2.09. The van der Waals surface area contributed by atoms with Crippen molar-refractivity contribution >= 4 is 5.78 Å². The van der Waals surface area contributed by atoms with E-state index in [9.17, 15) is 25.2 Å². The molecule has 2 aromatic rings. The summed E-state index contributed by atoms with van der Waals surface area (Å²) in [4.78, 5) is 12.5. The molecule has 5 nitrogen and oxygen atoms in total. The molecular formula is C30H38O5. The van der Waals surface area contributed by atoms with Gasteiger partial charge in [0, 0.05) is 18.6 Å². The number of benzene rings is 2. The first kappa shape index (κ1) is 27.8. The van der Waals surface area contributed by atoms with Gasteiger partial charge in [0.2, 0.25) is 0 Å². The molecule has 0 fully saturated rings. The molecule has 0 amide bonds. The van der Waals surface area contributed by atoms with Gasteiger partial charge < -0.3 is 20.4 Å². The Morgan fingerprint density at radius 2 is 1.34 bits per heavy atom. The summed E-state index contributed by atoms with van der Waals surface area (Å²) < 4.78 is 0. The largest absolute Gasteiger partial charge is 0.508 e. The number of allylic oxidation sites excluding steroid dienone is 6. The maximum Gasteiger partial charge on any atom is 0.170 e. The molecule has 35 heavy (non-hydrogen) atoms. The number of hydrogen-bond acceptors (Lipinski definition) is 5. The third-order valence-electron chi connectivity index (χ3n) is 5.94. The Morgan fingerprint density at radius 3 is 1.97 bits per heavy atom. The molecule has 0 aliphatic rings. The fraction of sp³-hybridized carbons (Fsp3) is 0.367. The quantitative estimate of drug-likeness (QED) is 0.190. The molecule has 2 aromatic carbocycles. The minimum atomic E-state index is -0.447. The predicted molar refractivity (Wildman–Crippen MR) is 141 cm³/mol. The molecule has 2 rings (SSSR count). The monoisotopic (exact) mass is 478 g/mol. The van der Waals surface area contributed by atoms with E-state index in [4.69, 9.17) is 0 Å². The standard InChI is InChI=1S/C30H38O5/c1-20(2)7-5-8-21(3)9-6-10-22(4)11-14-24-17-23(12-15-26(24)32)13-16-27(33)30-28(34)18-25(31)19-29(30)35/h7,9,11-12,15,17-19,31-32,34-35H,5-6,8,10,13-14,16H2,1-4H3/b21-9+,22-11+. The lowest BCUT2D eigenvalue weighted by atomic mass is 9.98. The van der Waals surface area contributed by atoms with Crippen LogP contribution in [0, 0.1) is 0 Å². The number of phenolic OH excluding ortho intramolecular Hbond substituents is 4. The van der Waals surface area contributed by atoms with Crippen molar-refractivity contribution in [3.63, 3.8) is 0 Å². The average Bonchev–Trinajstić information content (AvgIpc) is 2.76. The van der Waals surface area contributed by atoms with Gasteiger partial charge in [0.25, 0.3) is 0 Å². The average molecular weight is 479 g/mol. The number of rotatable bonds is 12. The zero-order chi connectivity index (χ0) is 26.0. The van der Waals surface area contributed by atoms with E-state index in [1.165, 1.54) is 16.7 Å². The maximum absolute atomic E-state index is 12.5. The van der Waals surface area contributed by atoms with Crippen LogP contribution in [0.2, 0.25) is 0 Å². The van der Waals surface area contributed by atoms with Crippen LogP contribution in [-0.4, -0.2) is 26.2 Å². The molecule has 0 atom stereocenters. The molecular weight excluding hydrogens is 440 g/mol. The molecule has 0 aliphatic heterocycles. The van der Waals surface area contributed by atoms with Crippen molar-refractivity contribution in [3.8, 4) is 23.0 Å². The third-order valence-corrected chi connectivity index (χ3v) is 5.94. The first-order valence-electron chi connectivity index (χ1n) is 12.1. The maximum atomic E-state index is 12.5. The second-order valence-corrected chi connectivity index (χ2v) is 9.41. The van der Waals surface area contributed by atoms with Crippen LogP contribution in [0.3, 0.4) is 0 Å². The highest BCUT2D eigenvalue weighted by molar-refractivity contribution is 6.01. The van der Waals surface area contributed by atoms with Crippen LogP contribution in [0.25, 0.3) is 0 Å². The Kier molecular flexibility index (Phi) is 10.7. The van der Waals surface area contributed by atoms with E-state index in [-0.39, 0.29) is 23.5 Å². The first-order valence-corrected chi connectivity index (χ1v) is 12.1. The van der Waals surface area contributed by atoms with Crippen LogP contribution in [0.5, 0.6) is 23.0 Å². The van der Waals surface area contributed by atoms with Crippen LogP contribution in [-0.2, 0) is 12.8 Å². The van der Waals surface area contributed by atoms with Gasteiger partial charge in [-0.1, -0.05) is 47.1 Å². The van der Waals surface area contributed by atoms with Crippen LogP contribution >= 0.6 is 0 Å². The number of carbonyl (C=O) groups excluding carboxylic acids is 1. The molecule has 0 heterocycles. The zero-order valence-corrected chi connectivity index (χ0v) is 21.3. The van der Waals surface area contributed by atoms with Gasteiger partial charge in [0.05, 0.1) is 0 Å². The third kappa shape index (κ3) is 9.36. The highest BCUT2D eigenvalue weighted by atomic mass is 16.3. The van der Waals surface area contributed by atoms with Crippen LogP contribution < -0.4 is 0 Å². The SMILES string of the molecule is CC(C)=CCC/C(C)=C/CC/C(C)=C/Cc1cc(CCC(=O)c2c(O)cc(O)cc2O)ccc1O. The number of aromatic hydroxyl groups is 4. The van der Waals surface area contributed by atoms with Crippen molar-refractivity contribution < 1.29 is 25.2 Å². The summed E-state index contributed by atoms with van der Waals surface area (Å²) in [5.41, 5.74) is 5.50. The Bertz CT molecular complexity index is 1090. The molecule has 0 saturated carbocycles. The van der Waals surface area contributed by atoms with E-state index < -0.39 is 17.3 Å². The summed E-state index contributed by atoms with van der Waals surface area (Å²) in [6, 6.07) is 7.34. The second kappa shape index (κ2) is 13.4. The van der Waals surface area contributed by atoms with Crippen molar-refractivity contribution in [2.24, 2.45) is 0 Å². The topological polar surface area (TPSA) is 98.0 Å². The smallest absolute Gasteiger partial charge is 0.170 e. The van der Waals surface area contributed by atoms with E-state index in [1.54, 1.807) is 12.1 Å². The molecule has 188 valence electrons. The highest BCUT2D eigenvalue weighted by Crippen LogP contribution is 2.33. The van der Waals surface area contributed by atoms with Crippen molar-refractivity contribution in [1.82, 2.24) is 0 Å². The van der Waals surface area contributed by atoms with E-state index in [1.807, 2.05) is 6.07 Å². The summed E-state index contributed by atoms with van der Waals surface area (Å²) in [7, 11) is 0. The van der Waals surface area contributed by atoms with Crippen molar-refractivity contribution in [2.45, 2.75) is 72.6 Å². The number of ketones is 1. The van der Waals surface area contributed by atoms with Crippen molar-refractivity contribution in [2.75, 3.05) is 0 Å². The molecule has 0 radical (unpaired) electrons. The summed E-state index contributed by atoms with van der Waals surface area (Å²) in [5.74, 6) is -1.41. The number of aryl methyl sites for hydroxylation is 1. The second-order valence-electron chi connectivity index (χ2n) is 9.41. The fourth-order valence-corrected chi connectivity index (χ4v) is 3.85. The Morgan fingerprint density at radius 1 is 0.743 bits per heavy atom. The molecule has 4 N–H and O–H groups in total. The Hall–Kier alpha value is -3.47. The summed E-state index contributed by atoms with van der Waals surface area (Å²) in [5, 5.41) is 39.5. The minimum absolute atomic E-state index is 0.0737. The van der Waals surface area contributed by atoms with Crippen LogP contribution in [0.15, 0.2) is 65.3 Å². The minimum Gasteiger partial charge on any atom is -0.508 e. The number of phenols is 4. The summed E-state index contributed by atoms with van der Waals surface area (Å²) >= 11 is 0. The van der Waals surface area contributed by atoms with E-state index in [0.717, 1.165) is 48.9 Å². The van der Waals surface area contributed by atoms with Gasteiger partial charge in [0.1, 0.15) is 28.6 Å². The molecule has 5 heteroatoms. The Balaban J connectivity index is 1.93. The summed E-state index contributed by atoms with van der Waals surface area (Å²) in [6.07, 6.45) is 11.9. The molecule has 0 saturated heterocycles. The molecule has 0 aromatic heterocycles. The van der Waals surface area contributed by atoms with Crippen molar-refractivity contribution in [3.05, 3.63) is 82.0 Å². The number of Topliss-reactive ketones (excluding diaryl/α,β-unsaturated/α-hetero) is 1. The van der Waals surface area contributed by atoms with Crippen LogP contribution in [0.1, 0.15) is 81.3 Å². The number of carbonyl (C=O) groups is 1. The number of hydrogen-bond donors (Lipinski definition) is 4. The highest BCUT2D eigenvalue weighted by Gasteiger charge is 2.17. The lowest BCUT2D eigenvalue weighted by Crippen LogP contribution is -2.02. The zero-order valence-electron chi connectivity index (χ0n) is 21.3. The summed E-state index contributed by atoms with van der Waals surface area (Å²) in [6.45, 7) is 8.52. The lowest BCUT2D eigenvalue weighted by molar-refractivity contribution is 0.0977. The molecule has 0 spiro atoms. The fourth-order valence-electron chi connectivity index (χ4n) is 3.85. The van der Waals surface area contributed by atoms with Gasteiger partial charge in [-0.2, -0.15) is 0 Å². The van der Waals surface area contributed by atoms with Crippen LogP contribution in [0.4, 0.5) is 0 Å². The molecule has 0 aliphatic carbocycles. The van der Waals surface area contributed by atoms with E-state index >= 15 is 0 Å². The Labute approximate surface area is 208 Å². The normalized spacial score (nSPS) is 12.0. The van der Waals surface area contributed by atoms with Gasteiger partial charge >= 0.3 is 0 Å². The predicted octanol–water partition coefficient (Wildman–Crippen LogP) is 7.29. The molecule has 0 bridgehead atoms. The van der Waals surface area contributed by atoms with Crippen molar-refractivity contribution in [1.29, 1.82) is 0 Å². The van der Waals surface area contributed by atoms with E-state index in [2.05, 4.69) is 45.9 Å². The van der Waals surface area contributed by atoms with Gasteiger partial charge in [0.15, 0.2) is 5.78 Å².